The molecular weight excluding hydrogens is 907 g/mol. The maximum absolute atomic E-state index is 14.6. The van der Waals surface area contributed by atoms with Gasteiger partial charge in [-0.25, -0.2) is 9.59 Å². The van der Waals surface area contributed by atoms with E-state index in [0.717, 1.165) is 29.8 Å². The standard InChI is InChI=1S/C50H46BN12O8/c1-25-45(29(5)70-58-25)33-17-37-31(19-41(33)68-7)47-39(21-54-37)60(49(66)62(47)27(3)35-13-9-11-15-52-35)23-43(64)56-51-57-44(65)24-61-40-22-55-38-18-34(46-26(2)59-71-30(46)6)42(69-8)20-32(38)48(40)63(50(61)67)28(4)36-14-10-12-16-53-36/h9-22,27-28H,23-24H2,1-8H3,(H,56,64)(H,57,65). The topological polar surface area (TPSA) is 234 Å². The van der Waals surface area contributed by atoms with E-state index in [2.05, 4.69) is 30.7 Å². The van der Waals surface area contributed by atoms with Crippen molar-refractivity contribution in [3.8, 4) is 33.8 Å². The van der Waals surface area contributed by atoms with Gasteiger partial charge in [0.25, 0.3) is 0 Å². The average molecular weight is 954 g/mol. The summed E-state index contributed by atoms with van der Waals surface area (Å²) in [6.45, 7) is 10.1. The number of nitrogens with one attached hydrogen (secondary N) is 2. The van der Waals surface area contributed by atoms with Crippen molar-refractivity contribution in [2.75, 3.05) is 14.2 Å². The molecular formula is C50H46BN12O8. The van der Waals surface area contributed by atoms with Gasteiger partial charge in [-0.05, 0) is 90.1 Å². The molecule has 0 saturated carbocycles. The lowest BCUT2D eigenvalue weighted by atomic mass is 10.00. The molecule has 2 unspecified atom stereocenters. The van der Waals surface area contributed by atoms with Gasteiger partial charge in [-0.3, -0.25) is 47.8 Å². The van der Waals surface area contributed by atoms with E-state index in [1.165, 1.54) is 9.13 Å². The molecule has 0 spiro atoms. The Hall–Kier alpha value is -8.88. The first-order valence-corrected chi connectivity index (χ1v) is 22.6. The van der Waals surface area contributed by atoms with Crippen molar-refractivity contribution in [1.82, 2.24) is 59.0 Å². The van der Waals surface area contributed by atoms with Crippen molar-refractivity contribution in [2.45, 2.75) is 66.7 Å². The van der Waals surface area contributed by atoms with E-state index >= 15 is 0 Å². The predicted octanol–water partition coefficient (Wildman–Crippen LogP) is 6.05. The lowest BCUT2D eigenvalue weighted by molar-refractivity contribution is -0.120. The number of pyridine rings is 4. The minimum absolute atomic E-state index is 0.381. The highest BCUT2D eigenvalue weighted by Crippen LogP contribution is 2.41. The van der Waals surface area contributed by atoms with Crippen LogP contribution in [0.5, 0.6) is 11.5 Å². The molecule has 20 nitrogen and oxygen atoms in total. The van der Waals surface area contributed by atoms with Crippen LogP contribution in [0.3, 0.4) is 0 Å². The molecule has 0 aliphatic rings. The van der Waals surface area contributed by atoms with Crippen LogP contribution in [0.15, 0.2) is 104 Å². The zero-order chi connectivity index (χ0) is 49.8. The van der Waals surface area contributed by atoms with Crippen molar-refractivity contribution in [3.63, 3.8) is 0 Å². The van der Waals surface area contributed by atoms with Crippen molar-refractivity contribution >= 4 is 63.2 Å². The van der Waals surface area contributed by atoms with E-state index in [0.29, 0.717) is 89.7 Å². The second kappa shape index (κ2) is 18.2. The normalized spacial score (nSPS) is 12.5. The van der Waals surface area contributed by atoms with Gasteiger partial charge < -0.3 is 29.0 Å². The fourth-order valence-electron chi connectivity index (χ4n) is 9.52. The van der Waals surface area contributed by atoms with E-state index in [-0.39, 0.29) is 0 Å². The Balaban J connectivity index is 0.951. The molecule has 0 aliphatic heterocycles. The molecule has 1 radical (unpaired) electrons. The van der Waals surface area contributed by atoms with Gasteiger partial charge in [0.1, 0.15) is 36.1 Å². The lowest BCUT2D eigenvalue weighted by Crippen LogP contribution is -2.44. The molecule has 0 fully saturated rings. The van der Waals surface area contributed by atoms with Gasteiger partial charge in [0, 0.05) is 34.3 Å². The van der Waals surface area contributed by atoms with Crippen molar-refractivity contribution < 1.29 is 28.1 Å². The number of hydrogen-bond donors (Lipinski definition) is 2. The molecule has 2 atom stereocenters. The average Bonchev–Trinajstić information content (AvgIpc) is 4.08. The molecule has 8 aromatic heterocycles. The summed E-state index contributed by atoms with van der Waals surface area (Å²) in [4.78, 5) is 75.2. The quantitative estimate of drug-likeness (QED) is 0.118. The van der Waals surface area contributed by atoms with Crippen LogP contribution >= 0.6 is 0 Å². The van der Waals surface area contributed by atoms with Crippen molar-refractivity contribution in [2.24, 2.45) is 0 Å². The summed E-state index contributed by atoms with van der Waals surface area (Å²) in [5.74, 6) is 0.977. The number of carbonyl (C=O) groups is 2. The molecule has 8 heterocycles. The Labute approximate surface area is 404 Å². The number of methoxy groups -OCH3 is 2. The van der Waals surface area contributed by atoms with Crippen LogP contribution in [0.4, 0.5) is 0 Å². The summed E-state index contributed by atoms with van der Waals surface area (Å²) in [6, 6.07) is 17.1. The number of imidazole rings is 2. The zero-order valence-electron chi connectivity index (χ0n) is 40.0. The van der Waals surface area contributed by atoms with E-state index in [4.69, 9.17) is 28.5 Å². The fraction of sp³-hybridized carbons (Fsp3) is 0.240. The smallest absolute Gasteiger partial charge is 0.390 e. The van der Waals surface area contributed by atoms with Gasteiger partial charge >= 0.3 is 18.9 Å². The molecule has 357 valence electrons. The van der Waals surface area contributed by atoms with Crippen LogP contribution in [0.25, 0.3) is 66.1 Å². The SMILES string of the molecule is COc1cc2c(cc1-c1c(C)noc1C)ncc1c2n(C(C)c2ccccn2)c(=O)n1CC(=O)N[B]NC(=O)Cn1c(=O)n(C(C)c2ccccn2)c2c3cc(OC)c(-c4c(C)noc4C)cc3ncc21. The number of benzene rings is 2. The molecule has 0 bridgehead atoms. The first-order valence-electron chi connectivity index (χ1n) is 22.6. The molecule has 0 aliphatic carbocycles. The highest BCUT2D eigenvalue weighted by atomic mass is 16.5. The maximum atomic E-state index is 14.6. The number of fused-ring (bicyclic) bond motifs is 6. The Morgan fingerprint density at radius 3 is 1.41 bits per heavy atom. The number of rotatable bonds is 14. The summed E-state index contributed by atoms with van der Waals surface area (Å²) in [5.41, 5.74) is 7.50. The molecule has 2 amide bonds. The number of aryl methyl sites for hydroxylation is 4. The van der Waals surface area contributed by atoms with Crippen LogP contribution in [0, 0.1) is 27.7 Å². The van der Waals surface area contributed by atoms with E-state index < -0.39 is 48.4 Å². The highest BCUT2D eigenvalue weighted by molar-refractivity contribution is 6.38. The third kappa shape index (κ3) is 7.84. The largest absolute Gasteiger partial charge is 0.496 e. The Bertz CT molecular complexity index is 3570. The third-order valence-electron chi connectivity index (χ3n) is 12.9. The van der Waals surface area contributed by atoms with Gasteiger partial charge in [-0.1, -0.05) is 22.4 Å². The summed E-state index contributed by atoms with van der Waals surface area (Å²) in [5, 5.41) is 14.6. The first kappa shape index (κ1) is 45.9. The number of aromatic nitrogens is 10. The Morgan fingerprint density at radius 2 is 1.06 bits per heavy atom. The Morgan fingerprint density at radius 1 is 0.634 bits per heavy atom. The maximum Gasteiger partial charge on any atom is 0.390 e. The summed E-state index contributed by atoms with van der Waals surface area (Å²) >= 11 is 0. The van der Waals surface area contributed by atoms with E-state index in [9.17, 15) is 19.2 Å². The monoisotopic (exact) mass is 953 g/mol. The number of ether oxygens (including phenoxy) is 2. The minimum atomic E-state index is -0.623. The zero-order valence-corrected chi connectivity index (χ0v) is 40.0. The lowest BCUT2D eigenvalue weighted by Gasteiger charge is -2.15. The molecule has 71 heavy (non-hydrogen) atoms. The van der Waals surface area contributed by atoms with Crippen LogP contribution in [0.2, 0.25) is 0 Å². The van der Waals surface area contributed by atoms with Crippen LogP contribution in [-0.2, 0) is 22.7 Å². The Kier molecular flexibility index (Phi) is 11.8. The number of amides is 2. The molecule has 2 aromatic carbocycles. The number of nitrogens with zero attached hydrogens (tertiary/aromatic N) is 10. The van der Waals surface area contributed by atoms with Gasteiger partial charge in [0.15, 0.2) is 0 Å². The van der Waals surface area contributed by atoms with Gasteiger partial charge in [-0.2, -0.15) is 0 Å². The van der Waals surface area contributed by atoms with Crippen LogP contribution in [0.1, 0.15) is 60.2 Å². The number of hydrogen-bond acceptors (Lipinski definition) is 14. The second-order valence-electron chi connectivity index (χ2n) is 17.1. The number of carbonyl (C=O) groups excluding carboxylic acids is 2. The predicted molar refractivity (Wildman–Crippen MR) is 264 cm³/mol. The molecule has 10 aromatic rings. The third-order valence-corrected chi connectivity index (χ3v) is 12.9. The summed E-state index contributed by atoms with van der Waals surface area (Å²) in [6.07, 6.45) is 6.41. The minimum Gasteiger partial charge on any atom is -0.496 e. The molecule has 0 saturated heterocycles. The van der Waals surface area contributed by atoms with Gasteiger partial charge in [0.05, 0.1) is 106 Å². The summed E-state index contributed by atoms with van der Waals surface area (Å²) < 4.78 is 28.5. The van der Waals surface area contributed by atoms with Crippen molar-refractivity contribution in [1.29, 1.82) is 0 Å². The second-order valence-corrected chi connectivity index (χ2v) is 17.1. The first-order chi connectivity index (χ1) is 34.3. The van der Waals surface area contributed by atoms with E-state index in [1.54, 1.807) is 60.3 Å². The van der Waals surface area contributed by atoms with E-state index in [1.807, 2.05) is 90.1 Å². The fourth-order valence-corrected chi connectivity index (χ4v) is 9.52. The van der Waals surface area contributed by atoms with Gasteiger partial charge in [0.2, 0.25) is 11.8 Å². The molecule has 2 N–H and O–H groups in total. The highest BCUT2D eigenvalue weighted by Gasteiger charge is 2.28. The van der Waals surface area contributed by atoms with Crippen molar-refractivity contribution in [3.05, 3.63) is 141 Å². The van der Waals surface area contributed by atoms with Gasteiger partial charge in [-0.15, -0.1) is 0 Å². The molecule has 21 heteroatoms. The van der Waals surface area contributed by atoms with Crippen LogP contribution < -0.4 is 31.3 Å². The summed E-state index contributed by atoms with van der Waals surface area (Å²) in [7, 11) is 4.19. The van der Waals surface area contributed by atoms with Crippen LogP contribution in [-0.4, -0.2) is 82.1 Å². The molecule has 10 rings (SSSR count).